The van der Waals surface area contributed by atoms with Gasteiger partial charge in [0.15, 0.2) is 11.5 Å². The molecule has 0 aliphatic carbocycles. The van der Waals surface area contributed by atoms with Gasteiger partial charge in [-0.15, -0.1) is 10.2 Å². The molecular formula is C12H10BrN5. The number of fused-ring (bicyclic) bond motifs is 1. The lowest BCUT2D eigenvalue weighted by Crippen LogP contribution is -1.97. The second-order valence-corrected chi connectivity index (χ2v) is 4.86. The molecule has 1 aromatic carbocycles. The molecule has 2 N–H and O–H groups in total. The molecule has 0 fully saturated rings. The van der Waals surface area contributed by atoms with E-state index in [-0.39, 0.29) is 0 Å². The first kappa shape index (κ1) is 11.2. The van der Waals surface area contributed by atoms with Crippen LogP contribution in [0.5, 0.6) is 0 Å². The molecule has 0 radical (unpaired) electrons. The van der Waals surface area contributed by atoms with E-state index >= 15 is 0 Å². The van der Waals surface area contributed by atoms with Crippen LogP contribution in [-0.4, -0.2) is 19.8 Å². The molecule has 0 aliphatic rings. The summed E-state index contributed by atoms with van der Waals surface area (Å²) in [6.07, 6.45) is 0. The Balaban J connectivity index is 2.24. The van der Waals surface area contributed by atoms with Crippen LogP contribution in [0.15, 0.2) is 34.8 Å². The van der Waals surface area contributed by atoms with E-state index in [1.54, 1.807) is 4.52 Å². The summed E-state index contributed by atoms with van der Waals surface area (Å²) in [6, 6.07) is 9.45. The molecule has 6 heteroatoms. The van der Waals surface area contributed by atoms with Gasteiger partial charge >= 0.3 is 0 Å². The standard InChI is InChI=1S/C12H10BrN5/c1-7-2-5-11-15-16-12(18(11)17-7)8-3-4-10(14)9(13)6-8/h2-6H,14H2,1H3. The van der Waals surface area contributed by atoms with Crippen molar-refractivity contribution in [1.29, 1.82) is 0 Å². The van der Waals surface area contributed by atoms with E-state index in [9.17, 15) is 0 Å². The zero-order chi connectivity index (χ0) is 12.7. The minimum absolute atomic E-state index is 0.691. The van der Waals surface area contributed by atoms with E-state index in [1.807, 2.05) is 37.3 Å². The number of rotatable bonds is 1. The van der Waals surface area contributed by atoms with E-state index in [4.69, 9.17) is 5.73 Å². The molecule has 5 nitrogen and oxygen atoms in total. The normalized spacial score (nSPS) is 11.0. The van der Waals surface area contributed by atoms with E-state index in [0.717, 1.165) is 21.4 Å². The number of hydrogen-bond acceptors (Lipinski definition) is 4. The Morgan fingerprint density at radius 3 is 2.78 bits per heavy atom. The fourth-order valence-electron chi connectivity index (χ4n) is 1.73. The van der Waals surface area contributed by atoms with Crippen molar-refractivity contribution < 1.29 is 0 Å². The van der Waals surface area contributed by atoms with E-state index in [0.29, 0.717) is 11.5 Å². The van der Waals surface area contributed by atoms with E-state index < -0.39 is 0 Å². The van der Waals surface area contributed by atoms with Crippen molar-refractivity contribution >= 4 is 27.3 Å². The van der Waals surface area contributed by atoms with E-state index in [1.165, 1.54) is 0 Å². The van der Waals surface area contributed by atoms with Gasteiger partial charge in [-0.2, -0.15) is 9.61 Å². The van der Waals surface area contributed by atoms with Gasteiger partial charge in [0.2, 0.25) is 0 Å². The summed E-state index contributed by atoms with van der Waals surface area (Å²) in [7, 11) is 0. The summed E-state index contributed by atoms with van der Waals surface area (Å²) in [5.74, 6) is 0.703. The van der Waals surface area contributed by atoms with E-state index in [2.05, 4.69) is 31.2 Å². The average Bonchev–Trinajstić information content (AvgIpc) is 2.75. The van der Waals surface area contributed by atoms with Crippen molar-refractivity contribution in [3.05, 3.63) is 40.5 Å². The van der Waals surface area contributed by atoms with Crippen LogP contribution < -0.4 is 5.73 Å². The Kier molecular flexibility index (Phi) is 2.52. The minimum Gasteiger partial charge on any atom is -0.398 e. The van der Waals surface area contributed by atoms with Crippen molar-refractivity contribution in [3.63, 3.8) is 0 Å². The third-order valence-electron chi connectivity index (χ3n) is 2.65. The lowest BCUT2D eigenvalue weighted by atomic mass is 10.2. The molecule has 18 heavy (non-hydrogen) atoms. The van der Waals surface area contributed by atoms with Gasteiger partial charge in [0, 0.05) is 15.7 Å². The average molecular weight is 304 g/mol. The second kappa shape index (κ2) is 4.06. The third-order valence-corrected chi connectivity index (χ3v) is 3.34. The fraction of sp³-hybridized carbons (Fsp3) is 0.0833. The van der Waals surface area contributed by atoms with Crippen molar-refractivity contribution in [2.45, 2.75) is 6.92 Å². The quantitative estimate of drug-likeness (QED) is 0.701. The van der Waals surface area contributed by atoms with Gasteiger partial charge in [-0.25, -0.2) is 0 Å². The minimum atomic E-state index is 0.691. The Morgan fingerprint density at radius 2 is 2.00 bits per heavy atom. The molecule has 0 saturated carbocycles. The molecule has 90 valence electrons. The zero-order valence-corrected chi connectivity index (χ0v) is 11.2. The van der Waals surface area contributed by atoms with Crippen molar-refractivity contribution in [2.75, 3.05) is 5.73 Å². The molecule has 0 unspecified atom stereocenters. The summed E-state index contributed by atoms with van der Waals surface area (Å²) in [5, 5.41) is 12.7. The highest BCUT2D eigenvalue weighted by atomic mass is 79.9. The van der Waals surface area contributed by atoms with Crippen LogP contribution >= 0.6 is 15.9 Å². The van der Waals surface area contributed by atoms with Crippen LogP contribution in [0.2, 0.25) is 0 Å². The zero-order valence-electron chi connectivity index (χ0n) is 9.63. The van der Waals surface area contributed by atoms with Gasteiger partial charge in [-0.1, -0.05) is 0 Å². The number of nitrogens with zero attached hydrogens (tertiary/aromatic N) is 4. The molecule has 3 aromatic rings. The summed E-state index contributed by atoms with van der Waals surface area (Å²) in [5.41, 5.74) is 9.02. The van der Waals surface area contributed by atoms with Gasteiger partial charge in [0.25, 0.3) is 0 Å². The maximum absolute atomic E-state index is 5.77. The number of nitrogens with two attached hydrogens (primary N) is 1. The number of aryl methyl sites for hydroxylation is 1. The monoisotopic (exact) mass is 303 g/mol. The molecule has 0 aliphatic heterocycles. The lowest BCUT2D eigenvalue weighted by molar-refractivity contribution is 0.902. The Hall–Kier alpha value is -1.95. The van der Waals surface area contributed by atoms with Crippen LogP contribution in [0.1, 0.15) is 5.69 Å². The van der Waals surface area contributed by atoms with Crippen LogP contribution in [0.4, 0.5) is 5.69 Å². The number of hydrogen-bond donors (Lipinski definition) is 1. The maximum atomic E-state index is 5.77. The Morgan fingerprint density at radius 1 is 1.17 bits per heavy atom. The van der Waals surface area contributed by atoms with Crippen LogP contribution in [0, 0.1) is 6.92 Å². The van der Waals surface area contributed by atoms with Gasteiger partial charge < -0.3 is 5.73 Å². The highest BCUT2D eigenvalue weighted by molar-refractivity contribution is 9.10. The first-order valence-electron chi connectivity index (χ1n) is 5.39. The van der Waals surface area contributed by atoms with Crippen LogP contribution in [-0.2, 0) is 0 Å². The van der Waals surface area contributed by atoms with Gasteiger partial charge in [-0.05, 0) is 53.2 Å². The predicted molar refractivity (Wildman–Crippen MR) is 73.1 cm³/mol. The summed E-state index contributed by atoms with van der Waals surface area (Å²) in [4.78, 5) is 0. The number of nitrogen functional groups attached to an aromatic ring is 1. The first-order chi connectivity index (χ1) is 8.65. The summed E-state index contributed by atoms with van der Waals surface area (Å²) in [6.45, 7) is 1.93. The molecule has 0 saturated heterocycles. The van der Waals surface area contributed by atoms with Crippen molar-refractivity contribution in [2.24, 2.45) is 0 Å². The molecule has 0 bridgehead atoms. The third kappa shape index (κ3) is 1.74. The molecule has 3 rings (SSSR count). The first-order valence-corrected chi connectivity index (χ1v) is 6.19. The number of anilines is 1. The molecule has 0 spiro atoms. The predicted octanol–water partition coefficient (Wildman–Crippen LogP) is 2.44. The van der Waals surface area contributed by atoms with Crippen molar-refractivity contribution in [1.82, 2.24) is 19.8 Å². The molecule has 2 aromatic heterocycles. The Labute approximate surface area is 112 Å². The number of halogens is 1. The second-order valence-electron chi connectivity index (χ2n) is 4.00. The molecule has 0 amide bonds. The SMILES string of the molecule is Cc1ccc2nnc(-c3ccc(N)c(Br)c3)n2n1. The highest BCUT2D eigenvalue weighted by Crippen LogP contribution is 2.26. The van der Waals surface area contributed by atoms with Gasteiger partial charge in [-0.3, -0.25) is 0 Å². The van der Waals surface area contributed by atoms with Gasteiger partial charge in [0.1, 0.15) is 0 Å². The number of benzene rings is 1. The molecule has 0 atom stereocenters. The maximum Gasteiger partial charge on any atom is 0.185 e. The largest absolute Gasteiger partial charge is 0.398 e. The highest BCUT2D eigenvalue weighted by Gasteiger charge is 2.10. The molecular weight excluding hydrogens is 294 g/mol. The number of aromatic nitrogens is 4. The summed E-state index contributed by atoms with van der Waals surface area (Å²) < 4.78 is 2.57. The summed E-state index contributed by atoms with van der Waals surface area (Å²) >= 11 is 3.41. The fourth-order valence-corrected chi connectivity index (χ4v) is 2.11. The van der Waals surface area contributed by atoms with Gasteiger partial charge in [0.05, 0.1) is 5.69 Å². The van der Waals surface area contributed by atoms with Crippen molar-refractivity contribution in [3.8, 4) is 11.4 Å². The van der Waals surface area contributed by atoms with Crippen LogP contribution in [0.25, 0.3) is 17.0 Å². The topological polar surface area (TPSA) is 69.1 Å². The molecule has 2 heterocycles. The van der Waals surface area contributed by atoms with Crippen LogP contribution in [0.3, 0.4) is 0 Å². The lowest BCUT2D eigenvalue weighted by Gasteiger charge is -2.02. The Bertz CT molecular complexity index is 734. The smallest absolute Gasteiger partial charge is 0.185 e.